The van der Waals surface area contributed by atoms with Gasteiger partial charge in [-0.3, -0.25) is 4.79 Å². The van der Waals surface area contributed by atoms with Crippen molar-refractivity contribution in [3.8, 4) is 11.8 Å². The molecule has 94 valence electrons. The van der Waals surface area contributed by atoms with Crippen molar-refractivity contribution < 1.29 is 9.53 Å². The van der Waals surface area contributed by atoms with Gasteiger partial charge in [-0.25, -0.2) is 0 Å². The summed E-state index contributed by atoms with van der Waals surface area (Å²) in [6.07, 6.45) is 0. The van der Waals surface area contributed by atoms with Crippen molar-refractivity contribution in [2.45, 2.75) is 0 Å². The molecule has 0 aromatic heterocycles. The predicted molar refractivity (Wildman–Crippen MR) is 75.1 cm³/mol. The highest BCUT2D eigenvalue weighted by atomic mass is 79.9. The van der Waals surface area contributed by atoms with Crippen LogP contribution in [0.4, 0.5) is 0 Å². The number of ketones is 1. The average Bonchev–Trinajstić information content (AvgIpc) is 2.46. The molecule has 0 N–H and O–H groups in total. The Morgan fingerprint density at radius 2 is 1.74 bits per heavy atom. The second kappa shape index (κ2) is 6.17. The van der Waals surface area contributed by atoms with Crippen molar-refractivity contribution in [2.24, 2.45) is 0 Å². The molecule has 2 aromatic carbocycles. The summed E-state index contributed by atoms with van der Waals surface area (Å²) in [6, 6.07) is 15.8. The molecule has 0 fully saturated rings. The lowest BCUT2D eigenvalue weighted by Gasteiger charge is -2.05. The molecule has 0 amide bonds. The van der Waals surface area contributed by atoms with Gasteiger partial charge >= 0.3 is 0 Å². The van der Waals surface area contributed by atoms with Gasteiger partial charge in [-0.1, -0.05) is 15.9 Å². The van der Waals surface area contributed by atoms with Gasteiger partial charge in [0.2, 0.25) is 0 Å². The average molecular weight is 316 g/mol. The highest BCUT2D eigenvalue weighted by molar-refractivity contribution is 9.10. The molecule has 0 spiro atoms. The number of benzene rings is 2. The summed E-state index contributed by atoms with van der Waals surface area (Å²) >= 11 is 3.33. The van der Waals surface area contributed by atoms with E-state index in [0.717, 1.165) is 4.47 Å². The summed E-state index contributed by atoms with van der Waals surface area (Å²) < 4.78 is 6.36. The molecule has 0 aliphatic heterocycles. The van der Waals surface area contributed by atoms with E-state index in [1.165, 1.54) is 0 Å². The van der Waals surface area contributed by atoms with E-state index < -0.39 is 0 Å². The Balaban J connectivity index is 1.97. The molecule has 0 bridgehead atoms. The summed E-state index contributed by atoms with van der Waals surface area (Å²) in [5.74, 6) is 0.526. The van der Waals surface area contributed by atoms with Crippen LogP contribution in [0.15, 0.2) is 53.0 Å². The van der Waals surface area contributed by atoms with Gasteiger partial charge in [0.1, 0.15) is 5.75 Å². The van der Waals surface area contributed by atoms with Gasteiger partial charge in [0.15, 0.2) is 12.4 Å². The van der Waals surface area contributed by atoms with Gasteiger partial charge in [-0.2, -0.15) is 5.26 Å². The molecule has 2 aromatic rings. The number of nitriles is 1. The van der Waals surface area contributed by atoms with Crippen LogP contribution >= 0.6 is 15.9 Å². The Bertz CT molecular complexity index is 612. The summed E-state index contributed by atoms with van der Waals surface area (Å²) in [5, 5.41) is 8.68. The topological polar surface area (TPSA) is 50.1 Å². The SMILES string of the molecule is N#Cc1ccc(C(=O)COc2ccc(Br)cc2)cc1. The molecule has 0 unspecified atom stereocenters. The van der Waals surface area contributed by atoms with E-state index in [4.69, 9.17) is 10.00 Å². The first-order chi connectivity index (χ1) is 9.19. The van der Waals surface area contributed by atoms with Crippen molar-refractivity contribution >= 4 is 21.7 Å². The Labute approximate surface area is 119 Å². The van der Waals surface area contributed by atoms with Crippen LogP contribution in [0.2, 0.25) is 0 Å². The van der Waals surface area contributed by atoms with Gasteiger partial charge in [-0.15, -0.1) is 0 Å². The molecule has 3 nitrogen and oxygen atoms in total. The van der Waals surface area contributed by atoms with E-state index in [0.29, 0.717) is 16.9 Å². The minimum atomic E-state index is -0.118. The predicted octanol–water partition coefficient (Wildman–Crippen LogP) is 3.58. The van der Waals surface area contributed by atoms with Crippen LogP contribution in [0.3, 0.4) is 0 Å². The monoisotopic (exact) mass is 315 g/mol. The van der Waals surface area contributed by atoms with E-state index >= 15 is 0 Å². The van der Waals surface area contributed by atoms with Crippen molar-refractivity contribution in [3.05, 3.63) is 64.1 Å². The maximum absolute atomic E-state index is 11.9. The Hall–Kier alpha value is -2.12. The van der Waals surface area contributed by atoms with Gasteiger partial charge in [-0.05, 0) is 48.5 Å². The molecule has 0 heterocycles. The maximum atomic E-state index is 11.9. The Morgan fingerprint density at radius 1 is 1.11 bits per heavy atom. The number of nitrogens with zero attached hydrogens (tertiary/aromatic N) is 1. The standard InChI is InChI=1S/C15H10BrNO2/c16-13-5-7-14(8-6-13)19-10-15(18)12-3-1-11(9-17)2-4-12/h1-8H,10H2. The number of rotatable bonds is 4. The van der Waals surface area contributed by atoms with Gasteiger partial charge < -0.3 is 4.74 Å². The smallest absolute Gasteiger partial charge is 0.200 e. The van der Waals surface area contributed by atoms with E-state index in [2.05, 4.69) is 15.9 Å². The van der Waals surface area contributed by atoms with Gasteiger partial charge in [0, 0.05) is 10.0 Å². The molecule has 0 saturated carbocycles. The fourth-order valence-electron chi connectivity index (χ4n) is 1.49. The van der Waals surface area contributed by atoms with Crippen LogP contribution in [0.5, 0.6) is 5.75 Å². The summed E-state index contributed by atoms with van der Waals surface area (Å²) in [5.41, 5.74) is 1.07. The van der Waals surface area contributed by atoms with E-state index in [9.17, 15) is 4.79 Å². The van der Waals surface area contributed by atoms with Crippen LogP contribution in [0, 0.1) is 11.3 Å². The van der Waals surface area contributed by atoms with E-state index in [1.54, 1.807) is 36.4 Å². The first-order valence-electron chi connectivity index (χ1n) is 5.61. The Morgan fingerprint density at radius 3 is 2.32 bits per heavy atom. The van der Waals surface area contributed by atoms with Crippen molar-refractivity contribution in [3.63, 3.8) is 0 Å². The lowest BCUT2D eigenvalue weighted by atomic mass is 10.1. The van der Waals surface area contributed by atoms with Crippen LogP contribution in [0.1, 0.15) is 15.9 Å². The summed E-state index contributed by atoms with van der Waals surface area (Å²) in [6.45, 7) is -0.0203. The minimum Gasteiger partial charge on any atom is -0.485 e. The zero-order chi connectivity index (χ0) is 13.7. The van der Waals surface area contributed by atoms with E-state index in [-0.39, 0.29) is 12.4 Å². The molecule has 2 rings (SSSR count). The molecular formula is C15H10BrNO2. The number of hydrogen-bond donors (Lipinski definition) is 0. The van der Waals surface area contributed by atoms with Crippen LogP contribution in [-0.2, 0) is 0 Å². The third kappa shape index (κ3) is 3.67. The van der Waals surface area contributed by atoms with Crippen LogP contribution in [-0.4, -0.2) is 12.4 Å². The van der Waals surface area contributed by atoms with Crippen molar-refractivity contribution in [1.82, 2.24) is 0 Å². The number of Topliss-reactive ketones (excluding diaryl/α,β-unsaturated/α-hetero) is 1. The lowest BCUT2D eigenvalue weighted by molar-refractivity contribution is 0.0921. The molecule has 19 heavy (non-hydrogen) atoms. The van der Waals surface area contributed by atoms with Crippen LogP contribution < -0.4 is 4.74 Å². The number of halogens is 1. The van der Waals surface area contributed by atoms with E-state index in [1.807, 2.05) is 18.2 Å². The minimum absolute atomic E-state index is 0.0203. The largest absolute Gasteiger partial charge is 0.485 e. The fourth-order valence-corrected chi connectivity index (χ4v) is 1.76. The molecule has 0 aliphatic rings. The quantitative estimate of drug-likeness (QED) is 0.810. The number of carbonyl (C=O) groups excluding carboxylic acids is 1. The third-order valence-corrected chi connectivity index (χ3v) is 3.05. The highest BCUT2D eigenvalue weighted by Gasteiger charge is 2.06. The van der Waals surface area contributed by atoms with Gasteiger partial charge in [0.05, 0.1) is 11.6 Å². The molecule has 0 radical (unpaired) electrons. The molecule has 4 heteroatoms. The zero-order valence-electron chi connectivity index (χ0n) is 9.97. The van der Waals surface area contributed by atoms with Crippen molar-refractivity contribution in [2.75, 3.05) is 6.61 Å². The second-order valence-corrected chi connectivity index (χ2v) is 4.77. The number of carbonyl (C=O) groups is 1. The van der Waals surface area contributed by atoms with Gasteiger partial charge in [0.25, 0.3) is 0 Å². The maximum Gasteiger partial charge on any atom is 0.200 e. The highest BCUT2D eigenvalue weighted by Crippen LogP contribution is 2.16. The molecule has 0 atom stereocenters. The first kappa shape index (κ1) is 13.3. The summed E-state index contributed by atoms with van der Waals surface area (Å²) in [7, 11) is 0. The second-order valence-electron chi connectivity index (χ2n) is 3.85. The van der Waals surface area contributed by atoms with Crippen LogP contribution in [0.25, 0.3) is 0 Å². The van der Waals surface area contributed by atoms with Crippen molar-refractivity contribution in [1.29, 1.82) is 5.26 Å². The Kier molecular flexibility index (Phi) is 4.32. The summed E-state index contributed by atoms with van der Waals surface area (Å²) in [4.78, 5) is 11.9. The normalized spacial score (nSPS) is 9.68. The third-order valence-electron chi connectivity index (χ3n) is 2.52. The lowest BCUT2D eigenvalue weighted by Crippen LogP contribution is -2.11. The number of hydrogen-bond acceptors (Lipinski definition) is 3. The molecule has 0 saturated heterocycles. The zero-order valence-corrected chi connectivity index (χ0v) is 11.6. The first-order valence-corrected chi connectivity index (χ1v) is 6.40. The molecule has 0 aliphatic carbocycles. The number of ether oxygens (including phenoxy) is 1. The molecular weight excluding hydrogens is 306 g/mol. The fraction of sp³-hybridized carbons (Fsp3) is 0.0667.